The van der Waals surface area contributed by atoms with Crippen molar-refractivity contribution in [3.8, 4) is 5.75 Å². The van der Waals surface area contributed by atoms with E-state index < -0.39 is 0 Å². The summed E-state index contributed by atoms with van der Waals surface area (Å²) in [5.41, 5.74) is 9.26. The van der Waals surface area contributed by atoms with Crippen LogP contribution in [0, 0.1) is 12.7 Å². The maximum absolute atomic E-state index is 13.3. The third-order valence-corrected chi connectivity index (χ3v) is 3.52. The van der Waals surface area contributed by atoms with E-state index in [0.29, 0.717) is 22.9 Å². The zero-order chi connectivity index (χ0) is 14.0. The van der Waals surface area contributed by atoms with Crippen molar-refractivity contribution in [1.82, 2.24) is 0 Å². The monoisotopic (exact) mass is 279 g/mol. The van der Waals surface area contributed by atoms with Gasteiger partial charge in [-0.3, -0.25) is 0 Å². The minimum atomic E-state index is -0.298. The number of halogens is 2. The van der Waals surface area contributed by atoms with E-state index >= 15 is 0 Å². The first-order valence-corrected chi connectivity index (χ1v) is 6.26. The van der Waals surface area contributed by atoms with Gasteiger partial charge in [-0.05, 0) is 54.3 Å². The van der Waals surface area contributed by atoms with E-state index in [0.717, 1.165) is 16.7 Å². The van der Waals surface area contributed by atoms with Gasteiger partial charge in [0.2, 0.25) is 0 Å². The highest BCUT2D eigenvalue weighted by Gasteiger charge is 2.09. The lowest BCUT2D eigenvalue weighted by Crippen LogP contribution is -1.99. The van der Waals surface area contributed by atoms with Crippen LogP contribution in [0.25, 0.3) is 0 Å². The molecule has 0 amide bonds. The normalized spacial score (nSPS) is 10.5. The molecule has 2 N–H and O–H groups in total. The van der Waals surface area contributed by atoms with Gasteiger partial charge in [0.1, 0.15) is 11.6 Å². The third-order valence-electron chi connectivity index (χ3n) is 3.15. The van der Waals surface area contributed by atoms with E-state index in [1.165, 1.54) is 12.1 Å². The van der Waals surface area contributed by atoms with Gasteiger partial charge in [0.15, 0.2) is 0 Å². The summed E-state index contributed by atoms with van der Waals surface area (Å²) in [6.07, 6.45) is 0.518. The molecule has 100 valence electrons. The van der Waals surface area contributed by atoms with Crippen molar-refractivity contribution in [2.45, 2.75) is 13.3 Å². The van der Waals surface area contributed by atoms with Crippen LogP contribution in [0.5, 0.6) is 5.75 Å². The fraction of sp³-hybridized carbons (Fsp3) is 0.200. The molecule has 0 aliphatic heterocycles. The van der Waals surface area contributed by atoms with E-state index in [1.807, 2.05) is 13.0 Å². The number of benzene rings is 2. The van der Waals surface area contributed by atoms with Gasteiger partial charge in [0.25, 0.3) is 0 Å². The summed E-state index contributed by atoms with van der Waals surface area (Å²) in [4.78, 5) is 0. The Morgan fingerprint density at radius 1 is 1.21 bits per heavy atom. The van der Waals surface area contributed by atoms with Gasteiger partial charge in [-0.15, -0.1) is 0 Å². The highest BCUT2D eigenvalue weighted by atomic mass is 35.5. The van der Waals surface area contributed by atoms with E-state index in [2.05, 4.69) is 0 Å². The Balaban J connectivity index is 2.42. The molecule has 0 saturated carbocycles. The molecule has 0 atom stereocenters. The van der Waals surface area contributed by atoms with E-state index in [9.17, 15) is 4.39 Å². The van der Waals surface area contributed by atoms with Crippen LogP contribution in [0.1, 0.15) is 16.7 Å². The average molecular weight is 280 g/mol. The fourth-order valence-electron chi connectivity index (χ4n) is 1.95. The van der Waals surface area contributed by atoms with Crippen molar-refractivity contribution in [2.24, 2.45) is 0 Å². The lowest BCUT2D eigenvalue weighted by Gasteiger charge is -2.12. The van der Waals surface area contributed by atoms with Crippen LogP contribution in [-0.4, -0.2) is 7.11 Å². The maximum atomic E-state index is 13.3. The van der Waals surface area contributed by atoms with Crippen molar-refractivity contribution in [3.05, 3.63) is 57.9 Å². The number of nitrogen functional groups attached to an aromatic ring is 1. The third kappa shape index (κ3) is 2.99. The van der Waals surface area contributed by atoms with Crippen LogP contribution in [-0.2, 0) is 6.42 Å². The van der Waals surface area contributed by atoms with Crippen molar-refractivity contribution < 1.29 is 9.13 Å². The number of rotatable bonds is 3. The summed E-state index contributed by atoms with van der Waals surface area (Å²) in [5, 5.41) is 0.544. The number of ether oxygens (including phenoxy) is 1. The molecule has 4 heteroatoms. The van der Waals surface area contributed by atoms with E-state index in [-0.39, 0.29) is 5.82 Å². The Hall–Kier alpha value is -1.74. The fourth-order valence-corrected chi connectivity index (χ4v) is 2.14. The van der Waals surface area contributed by atoms with E-state index in [1.54, 1.807) is 19.2 Å². The molecule has 0 aliphatic carbocycles. The van der Waals surface area contributed by atoms with Crippen LogP contribution in [0.3, 0.4) is 0 Å². The first kappa shape index (κ1) is 13.7. The summed E-state index contributed by atoms with van der Waals surface area (Å²) >= 11 is 6.08. The molecule has 0 fully saturated rings. The number of nitrogens with two attached hydrogens (primary N) is 1. The van der Waals surface area contributed by atoms with Crippen LogP contribution >= 0.6 is 11.6 Å². The Labute approximate surface area is 117 Å². The second-order valence-electron chi connectivity index (χ2n) is 4.41. The number of hydrogen-bond acceptors (Lipinski definition) is 2. The summed E-state index contributed by atoms with van der Waals surface area (Å²) in [5.74, 6) is 0.388. The first-order chi connectivity index (χ1) is 9.01. The van der Waals surface area contributed by atoms with Gasteiger partial charge in [0.05, 0.1) is 7.11 Å². The van der Waals surface area contributed by atoms with Gasteiger partial charge < -0.3 is 10.5 Å². The predicted octanol–water partition coefficient (Wildman–Crippen LogP) is 3.97. The smallest absolute Gasteiger partial charge is 0.123 e. The first-order valence-electron chi connectivity index (χ1n) is 5.88. The number of anilines is 1. The van der Waals surface area contributed by atoms with Crippen molar-refractivity contribution in [3.63, 3.8) is 0 Å². The summed E-state index contributed by atoms with van der Waals surface area (Å²) in [6.45, 7) is 1.93. The molecule has 0 radical (unpaired) electrons. The topological polar surface area (TPSA) is 35.2 Å². The van der Waals surface area contributed by atoms with Crippen LogP contribution in [0.4, 0.5) is 10.1 Å². The Morgan fingerprint density at radius 2 is 1.95 bits per heavy atom. The molecule has 2 aromatic rings. The summed E-state index contributed by atoms with van der Waals surface area (Å²) < 4.78 is 18.5. The zero-order valence-electron chi connectivity index (χ0n) is 10.8. The highest BCUT2D eigenvalue weighted by Crippen LogP contribution is 2.28. The van der Waals surface area contributed by atoms with E-state index in [4.69, 9.17) is 22.1 Å². The maximum Gasteiger partial charge on any atom is 0.123 e. The second kappa shape index (κ2) is 5.49. The molecule has 0 aromatic heterocycles. The summed E-state index contributed by atoms with van der Waals surface area (Å²) in [6, 6.07) is 8.01. The molecule has 19 heavy (non-hydrogen) atoms. The van der Waals surface area contributed by atoms with Crippen LogP contribution in [0.15, 0.2) is 30.3 Å². The van der Waals surface area contributed by atoms with Crippen molar-refractivity contribution in [2.75, 3.05) is 12.8 Å². The molecule has 0 spiro atoms. The Kier molecular flexibility index (Phi) is 3.96. The Bertz CT molecular complexity index is 613. The predicted molar refractivity (Wildman–Crippen MR) is 76.4 cm³/mol. The van der Waals surface area contributed by atoms with Gasteiger partial charge in [-0.25, -0.2) is 4.39 Å². The summed E-state index contributed by atoms with van der Waals surface area (Å²) in [7, 11) is 1.59. The van der Waals surface area contributed by atoms with Crippen molar-refractivity contribution in [1.29, 1.82) is 0 Å². The number of methoxy groups -OCH3 is 1. The molecule has 0 aliphatic rings. The van der Waals surface area contributed by atoms with Crippen LogP contribution < -0.4 is 10.5 Å². The average Bonchev–Trinajstić information content (AvgIpc) is 2.38. The zero-order valence-corrected chi connectivity index (χ0v) is 11.6. The molecule has 2 aromatic carbocycles. The molecule has 0 bridgehead atoms. The molecule has 2 rings (SSSR count). The quantitative estimate of drug-likeness (QED) is 0.863. The minimum absolute atomic E-state index is 0.298. The standard InChI is InChI=1S/C15H15ClFNO/c1-9-10(7-13(19-2)8-15(9)18)5-11-6-12(17)3-4-14(11)16/h3-4,6-8H,5,18H2,1-2H3. The molecular formula is C15H15ClFNO. The van der Waals surface area contributed by atoms with Gasteiger partial charge in [-0.1, -0.05) is 11.6 Å². The molecule has 0 unspecified atom stereocenters. The minimum Gasteiger partial charge on any atom is -0.497 e. The molecule has 2 nitrogen and oxygen atoms in total. The van der Waals surface area contributed by atoms with Crippen LogP contribution in [0.2, 0.25) is 5.02 Å². The van der Waals surface area contributed by atoms with Gasteiger partial charge in [0, 0.05) is 16.8 Å². The number of hydrogen-bond donors (Lipinski definition) is 1. The van der Waals surface area contributed by atoms with Gasteiger partial charge >= 0.3 is 0 Å². The highest BCUT2D eigenvalue weighted by molar-refractivity contribution is 6.31. The van der Waals surface area contributed by atoms with Crippen molar-refractivity contribution >= 4 is 17.3 Å². The SMILES string of the molecule is COc1cc(N)c(C)c(Cc2cc(F)ccc2Cl)c1. The molecular weight excluding hydrogens is 265 g/mol. The largest absolute Gasteiger partial charge is 0.497 e. The second-order valence-corrected chi connectivity index (χ2v) is 4.82. The molecule has 0 saturated heterocycles. The van der Waals surface area contributed by atoms with Gasteiger partial charge in [-0.2, -0.15) is 0 Å². The Morgan fingerprint density at radius 3 is 2.63 bits per heavy atom. The molecule has 0 heterocycles. The lowest BCUT2D eigenvalue weighted by atomic mass is 9.99. The lowest BCUT2D eigenvalue weighted by molar-refractivity contribution is 0.414.